The third-order valence-electron chi connectivity index (χ3n) is 6.37. The molecule has 4 N–H and O–H groups in total. The summed E-state index contributed by atoms with van der Waals surface area (Å²) in [6.45, 7) is 8.39. The Morgan fingerprint density at radius 1 is 1.08 bits per heavy atom. The van der Waals surface area contributed by atoms with Crippen LogP contribution in [0.15, 0.2) is 24.5 Å². The van der Waals surface area contributed by atoms with Gasteiger partial charge in [0.1, 0.15) is 24.4 Å². The summed E-state index contributed by atoms with van der Waals surface area (Å²) >= 11 is 0. The Labute approximate surface area is 212 Å². The van der Waals surface area contributed by atoms with Crippen molar-refractivity contribution in [3.8, 4) is 0 Å². The summed E-state index contributed by atoms with van der Waals surface area (Å²) in [6, 6.07) is 0. The highest BCUT2D eigenvalue weighted by molar-refractivity contribution is 5.88. The Balaban J connectivity index is 2.25. The van der Waals surface area contributed by atoms with Gasteiger partial charge in [0.25, 0.3) is 0 Å². The van der Waals surface area contributed by atoms with Crippen LogP contribution in [0.4, 0.5) is 0 Å². The normalized spacial score (nSPS) is 32.6. The number of carbonyl (C=O) groups is 1. The van der Waals surface area contributed by atoms with Crippen LogP contribution in [0.1, 0.15) is 46.0 Å². The van der Waals surface area contributed by atoms with Gasteiger partial charge in [-0.3, -0.25) is 0 Å². The maximum atomic E-state index is 12.6. The molecule has 0 aromatic heterocycles. The molecule has 0 radical (unpaired) electrons. The summed E-state index contributed by atoms with van der Waals surface area (Å²) in [5.74, 6) is -1.74. The molecule has 2 aliphatic rings. The van der Waals surface area contributed by atoms with E-state index in [2.05, 4.69) is 20.4 Å². The van der Waals surface area contributed by atoms with Gasteiger partial charge < -0.3 is 48.8 Å². The molecule has 208 valence electrons. The molecule has 0 saturated carbocycles. The van der Waals surface area contributed by atoms with E-state index in [9.17, 15) is 25.2 Å². The van der Waals surface area contributed by atoms with Crippen LogP contribution in [-0.2, 0) is 33.2 Å². The van der Waals surface area contributed by atoms with Gasteiger partial charge in [0.15, 0.2) is 12.6 Å². The summed E-state index contributed by atoms with van der Waals surface area (Å²) in [5, 5.41) is 40.0. The topological polar surface area (TPSA) is 153 Å². The maximum Gasteiger partial charge on any atom is 0.337 e. The first kappa shape index (κ1) is 30.7. The van der Waals surface area contributed by atoms with Crippen molar-refractivity contribution < 1.29 is 53.6 Å². The number of aliphatic hydroxyl groups is 4. The Morgan fingerprint density at radius 2 is 1.72 bits per heavy atom. The standard InChI is InChI=1S/C25H42O11/c1-5-8-10-32-19(33-11-9-6-2)12-16-15(7-3)24(34-14-17(16)23(30)31-4)36-25-22(29)21(28)20(27)18(13-26)35-25/h7,14-16,18-22,24-29H,3,5-6,8-13H2,1-2,4H3/t15-,16+,18-,20-,21+,22-,24+,25+/m1/s1. The van der Waals surface area contributed by atoms with Gasteiger partial charge in [-0.2, -0.15) is 0 Å². The quantitative estimate of drug-likeness (QED) is 0.106. The second-order valence-corrected chi connectivity index (χ2v) is 8.94. The lowest BCUT2D eigenvalue weighted by molar-refractivity contribution is -0.339. The molecule has 0 aliphatic carbocycles. The minimum atomic E-state index is -1.61. The summed E-state index contributed by atoms with van der Waals surface area (Å²) < 4.78 is 33.9. The molecule has 0 amide bonds. The van der Waals surface area contributed by atoms with Gasteiger partial charge in [0, 0.05) is 31.5 Å². The first-order chi connectivity index (χ1) is 17.3. The second kappa shape index (κ2) is 15.6. The minimum absolute atomic E-state index is 0.249. The maximum absolute atomic E-state index is 12.6. The van der Waals surface area contributed by atoms with Crippen molar-refractivity contribution in [2.45, 2.75) is 89.2 Å². The SMILES string of the molecule is C=C[C@H]1[C@H](O[C@@H]2O[C@H](CO)[C@@H](O)[C@H](O)[C@H]2O)OC=C(C(=O)OC)[C@H]1CC(OCCCC)OCCCC. The highest BCUT2D eigenvalue weighted by atomic mass is 16.8. The predicted molar refractivity (Wildman–Crippen MR) is 127 cm³/mol. The van der Waals surface area contributed by atoms with Crippen LogP contribution in [0.5, 0.6) is 0 Å². The van der Waals surface area contributed by atoms with E-state index in [4.69, 9.17) is 28.4 Å². The van der Waals surface area contributed by atoms with Crippen LogP contribution >= 0.6 is 0 Å². The monoisotopic (exact) mass is 518 g/mol. The molecular formula is C25H42O11. The fraction of sp³-hybridized carbons (Fsp3) is 0.800. The first-order valence-corrected chi connectivity index (χ1v) is 12.6. The molecule has 0 unspecified atom stereocenters. The van der Waals surface area contributed by atoms with Crippen LogP contribution < -0.4 is 0 Å². The number of hydrogen-bond donors (Lipinski definition) is 4. The van der Waals surface area contributed by atoms with Crippen molar-refractivity contribution in [2.75, 3.05) is 26.9 Å². The highest BCUT2D eigenvalue weighted by Gasteiger charge is 2.47. The first-order valence-electron chi connectivity index (χ1n) is 12.6. The van der Waals surface area contributed by atoms with Crippen LogP contribution in [0.2, 0.25) is 0 Å². The Bertz CT molecular complexity index is 687. The van der Waals surface area contributed by atoms with E-state index < -0.39 is 67.7 Å². The van der Waals surface area contributed by atoms with E-state index >= 15 is 0 Å². The predicted octanol–water partition coefficient (Wildman–Crippen LogP) is 0.984. The zero-order chi connectivity index (χ0) is 26.7. The van der Waals surface area contributed by atoms with E-state index in [1.807, 2.05) is 0 Å². The van der Waals surface area contributed by atoms with Crippen LogP contribution in [0.3, 0.4) is 0 Å². The smallest absolute Gasteiger partial charge is 0.337 e. The lowest BCUT2D eigenvalue weighted by Crippen LogP contribution is -2.60. The molecular weight excluding hydrogens is 476 g/mol. The van der Waals surface area contributed by atoms with E-state index in [1.165, 1.54) is 13.4 Å². The van der Waals surface area contributed by atoms with E-state index in [0.717, 1.165) is 25.7 Å². The summed E-state index contributed by atoms with van der Waals surface area (Å²) in [6.07, 6.45) is -2.27. The number of esters is 1. The van der Waals surface area contributed by atoms with E-state index in [0.29, 0.717) is 13.2 Å². The molecule has 11 nitrogen and oxygen atoms in total. The Morgan fingerprint density at radius 3 is 2.25 bits per heavy atom. The third-order valence-corrected chi connectivity index (χ3v) is 6.37. The van der Waals surface area contributed by atoms with Gasteiger partial charge in [-0.25, -0.2) is 4.79 Å². The lowest BCUT2D eigenvalue weighted by atomic mass is 9.81. The summed E-state index contributed by atoms with van der Waals surface area (Å²) in [7, 11) is 1.27. The van der Waals surface area contributed by atoms with Gasteiger partial charge >= 0.3 is 5.97 Å². The van der Waals surface area contributed by atoms with Gasteiger partial charge in [-0.1, -0.05) is 32.8 Å². The zero-order valence-electron chi connectivity index (χ0n) is 21.4. The zero-order valence-corrected chi connectivity index (χ0v) is 21.4. The number of carbonyl (C=O) groups excluding carboxylic acids is 1. The van der Waals surface area contributed by atoms with Gasteiger partial charge in [-0.15, -0.1) is 6.58 Å². The molecule has 0 aromatic rings. The van der Waals surface area contributed by atoms with Crippen molar-refractivity contribution in [2.24, 2.45) is 11.8 Å². The molecule has 1 fully saturated rings. The third kappa shape index (κ3) is 7.96. The number of aliphatic hydroxyl groups excluding tert-OH is 4. The van der Waals surface area contributed by atoms with Crippen molar-refractivity contribution in [1.82, 2.24) is 0 Å². The average molecular weight is 519 g/mol. The molecule has 2 rings (SSSR count). The van der Waals surface area contributed by atoms with Gasteiger partial charge in [0.05, 0.1) is 25.6 Å². The molecule has 2 heterocycles. The second-order valence-electron chi connectivity index (χ2n) is 8.94. The molecule has 0 bridgehead atoms. The van der Waals surface area contributed by atoms with E-state index in [-0.39, 0.29) is 12.0 Å². The minimum Gasteiger partial charge on any atom is -0.471 e. The van der Waals surface area contributed by atoms with Crippen molar-refractivity contribution in [3.05, 3.63) is 24.5 Å². The van der Waals surface area contributed by atoms with E-state index in [1.54, 1.807) is 6.08 Å². The molecule has 0 spiro atoms. The number of hydrogen-bond acceptors (Lipinski definition) is 11. The number of rotatable bonds is 15. The van der Waals surface area contributed by atoms with Crippen molar-refractivity contribution in [1.29, 1.82) is 0 Å². The summed E-state index contributed by atoms with van der Waals surface area (Å²) in [5.41, 5.74) is 0.249. The Kier molecular flexibility index (Phi) is 13.3. The highest BCUT2D eigenvalue weighted by Crippen LogP contribution is 2.38. The van der Waals surface area contributed by atoms with Crippen molar-refractivity contribution >= 4 is 5.97 Å². The number of unbranched alkanes of at least 4 members (excludes halogenated alkanes) is 2. The molecule has 1 saturated heterocycles. The van der Waals surface area contributed by atoms with Crippen LogP contribution in [-0.4, -0.2) is 96.6 Å². The van der Waals surface area contributed by atoms with Gasteiger partial charge in [-0.05, 0) is 12.8 Å². The Hall–Kier alpha value is -1.57. The largest absolute Gasteiger partial charge is 0.471 e. The van der Waals surface area contributed by atoms with Crippen LogP contribution in [0, 0.1) is 11.8 Å². The molecule has 11 heteroatoms. The van der Waals surface area contributed by atoms with Crippen LogP contribution in [0.25, 0.3) is 0 Å². The fourth-order valence-electron chi connectivity index (χ4n) is 4.14. The number of methoxy groups -OCH3 is 1. The molecule has 36 heavy (non-hydrogen) atoms. The lowest BCUT2D eigenvalue weighted by Gasteiger charge is -2.43. The fourth-order valence-corrected chi connectivity index (χ4v) is 4.14. The summed E-state index contributed by atoms with van der Waals surface area (Å²) in [4.78, 5) is 12.6. The molecule has 2 aliphatic heterocycles. The molecule has 8 atom stereocenters. The average Bonchev–Trinajstić information content (AvgIpc) is 2.88. The van der Waals surface area contributed by atoms with Gasteiger partial charge in [0.2, 0.25) is 6.29 Å². The van der Waals surface area contributed by atoms with Crippen molar-refractivity contribution in [3.63, 3.8) is 0 Å². The number of ether oxygens (including phenoxy) is 6. The molecule has 0 aromatic carbocycles.